The van der Waals surface area contributed by atoms with Crippen molar-refractivity contribution in [1.82, 2.24) is 9.97 Å². The van der Waals surface area contributed by atoms with E-state index >= 15 is 0 Å². The van der Waals surface area contributed by atoms with Crippen molar-refractivity contribution >= 4 is 23.1 Å². The van der Waals surface area contributed by atoms with E-state index in [0.29, 0.717) is 18.1 Å². The molecule has 0 aliphatic heterocycles. The van der Waals surface area contributed by atoms with Crippen molar-refractivity contribution in [2.45, 2.75) is 19.8 Å². The minimum absolute atomic E-state index is 0.110. The SMILES string of the molecule is CCCc1nc(N)cc(Oc2ccc([N+](=O)[O-])cc2Cl)n1. The molecule has 2 rings (SSSR count). The van der Waals surface area contributed by atoms with Crippen LogP contribution in [0.2, 0.25) is 5.02 Å². The van der Waals surface area contributed by atoms with Crippen LogP contribution >= 0.6 is 11.6 Å². The van der Waals surface area contributed by atoms with Gasteiger partial charge in [0.25, 0.3) is 5.69 Å². The fourth-order valence-electron chi connectivity index (χ4n) is 1.68. The fourth-order valence-corrected chi connectivity index (χ4v) is 1.89. The second kappa shape index (κ2) is 6.36. The first-order chi connectivity index (χ1) is 9.99. The number of anilines is 1. The molecule has 2 N–H and O–H groups in total. The quantitative estimate of drug-likeness (QED) is 0.670. The summed E-state index contributed by atoms with van der Waals surface area (Å²) < 4.78 is 5.53. The van der Waals surface area contributed by atoms with Gasteiger partial charge in [0.05, 0.1) is 9.95 Å². The molecule has 0 atom stereocenters. The Morgan fingerprint density at radius 2 is 2.14 bits per heavy atom. The molecule has 7 nitrogen and oxygen atoms in total. The Morgan fingerprint density at radius 1 is 1.38 bits per heavy atom. The van der Waals surface area contributed by atoms with Crippen LogP contribution in [0, 0.1) is 10.1 Å². The summed E-state index contributed by atoms with van der Waals surface area (Å²) in [6.45, 7) is 2.00. The number of ether oxygens (including phenoxy) is 1. The minimum Gasteiger partial charge on any atom is -0.437 e. The molecule has 0 amide bonds. The van der Waals surface area contributed by atoms with Crippen molar-refractivity contribution in [3.63, 3.8) is 0 Å². The van der Waals surface area contributed by atoms with Gasteiger partial charge in [-0.05, 0) is 12.5 Å². The first-order valence-electron chi connectivity index (χ1n) is 6.25. The van der Waals surface area contributed by atoms with Gasteiger partial charge >= 0.3 is 0 Å². The highest BCUT2D eigenvalue weighted by Crippen LogP contribution is 2.32. The number of benzene rings is 1. The van der Waals surface area contributed by atoms with Crippen LogP contribution in [0.5, 0.6) is 11.6 Å². The Morgan fingerprint density at radius 3 is 2.76 bits per heavy atom. The van der Waals surface area contributed by atoms with E-state index in [1.807, 2.05) is 6.92 Å². The lowest BCUT2D eigenvalue weighted by Crippen LogP contribution is -2.01. The lowest BCUT2D eigenvalue weighted by atomic mass is 10.3. The Bertz CT molecular complexity index is 678. The molecule has 0 aliphatic carbocycles. The molecule has 110 valence electrons. The van der Waals surface area contributed by atoms with E-state index in [4.69, 9.17) is 22.1 Å². The van der Waals surface area contributed by atoms with Crippen molar-refractivity contribution in [3.8, 4) is 11.6 Å². The molecule has 1 aromatic carbocycles. The number of nitro benzene ring substituents is 1. The largest absolute Gasteiger partial charge is 0.437 e. The van der Waals surface area contributed by atoms with Gasteiger partial charge in [-0.1, -0.05) is 18.5 Å². The first kappa shape index (κ1) is 15.0. The molecule has 0 bridgehead atoms. The Kier molecular flexibility index (Phi) is 4.54. The number of hydrogen-bond acceptors (Lipinski definition) is 6. The van der Waals surface area contributed by atoms with Crippen LogP contribution in [0.15, 0.2) is 24.3 Å². The average molecular weight is 309 g/mol. The van der Waals surface area contributed by atoms with Crippen LogP contribution in [0.25, 0.3) is 0 Å². The van der Waals surface area contributed by atoms with Crippen molar-refractivity contribution in [2.24, 2.45) is 0 Å². The molecule has 0 spiro atoms. The van der Waals surface area contributed by atoms with Gasteiger partial charge in [-0.3, -0.25) is 10.1 Å². The predicted molar refractivity (Wildman–Crippen MR) is 78.6 cm³/mol. The maximum atomic E-state index is 10.7. The molecule has 0 fully saturated rings. The number of aromatic nitrogens is 2. The van der Waals surface area contributed by atoms with E-state index in [-0.39, 0.29) is 22.3 Å². The monoisotopic (exact) mass is 308 g/mol. The lowest BCUT2D eigenvalue weighted by molar-refractivity contribution is -0.384. The van der Waals surface area contributed by atoms with Gasteiger partial charge in [0.2, 0.25) is 5.88 Å². The zero-order chi connectivity index (χ0) is 15.4. The number of halogens is 1. The number of aryl methyl sites for hydroxylation is 1. The number of nitrogens with two attached hydrogens (primary N) is 1. The van der Waals surface area contributed by atoms with Crippen LogP contribution in [-0.4, -0.2) is 14.9 Å². The highest BCUT2D eigenvalue weighted by Gasteiger charge is 2.12. The van der Waals surface area contributed by atoms with Crippen molar-refractivity contribution in [1.29, 1.82) is 0 Å². The molecular formula is C13H13ClN4O3. The van der Waals surface area contributed by atoms with Crippen LogP contribution in [0.4, 0.5) is 11.5 Å². The topological polar surface area (TPSA) is 104 Å². The van der Waals surface area contributed by atoms with Gasteiger partial charge in [0.15, 0.2) is 0 Å². The lowest BCUT2D eigenvalue weighted by Gasteiger charge is -2.08. The third-order valence-electron chi connectivity index (χ3n) is 2.58. The molecule has 2 aromatic rings. The van der Waals surface area contributed by atoms with Crippen LogP contribution in [-0.2, 0) is 6.42 Å². The molecule has 21 heavy (non-hydrogen) atoms. The van der Waals surface area contributed by atoms with Crippen LogP contribution in [0.1, 0.15) is 19.2 Å². The van der Waals surface area contributed by atoms with Crippen LogP contribution in [0.3, 0.4) is 0 Å². The third-order valence-corrected chi connectivity index (χ3v) is 2.88. The molecular weight excluding hydrogens is 296 g/mol. The van der Waals surface area contributed by atoms with E-state index in [9.17, 15) is 10.1 Å². The molecule has 1 heterocycles. The summed E-state index contributed by atoms with van der Waals surface area (Å²) in [6, 6.07) is 5.41. The summed E-state index contributed by atoms with van der Waals surface area (Å²) in [5.74, 6) is 1.39. The highest BCUT2D eigenvalue weighted by molar-refractivity contribution is 6.32. The summed E-state index contributed by atoms with van der Waals surface area (Å²) in [5.41, 5.74) is 5.58. The number of non-ortho nitro benzene ring substituents is 1. The Hall–Kier alpha value is -2.41. The normalized spacial score (nSPS) is 10.4. The van der Waals surface area contributed by atoms with E-state index in [2.05, 4.69) is 9.97 Å². The van der Waals surface area contributed by atoms with E-state index in [0.717, 1.165) is 6.42 Å². The van der Waals surface area contributed by atoms with E-state index in [1.165, 1.54) is 24.3 Å². The summed E-state index contributed by atoms with van der Waals surface area (Å²) in [7, 11) is 0. The van der Waals surface area contributed by atoms with Gasteiger partial charge in [-0.15, -0.1) is 0 Å². The van der Waals surface area contributed by atoms with Crippen molar-refractivity contribution < 1.29 is 9.66 Å². The zero-order valence-corrected chi connectivity index (χ0v) is 12.0. The van der Waals surface area contributed by atoms with Crippen molar-refractivity contribution in [3.05, 3.63) is 45.2 Å². The highest BCUT2D eigenvalue weighted by atomic mass is 35.5. The summed E-state index contributed by atoms with van der Waals surface area (Å²) in [6.07, 6.45) is 1.55. The zero-order valence-electron chi connectivity index (χ0n) is 11.2. The Balaban J connectivity index is 2.27. The van der Waals surface area contributed by atoms with E-state index < -0.39 is 4.92 Å². The minimum atomic E-state index is -0.530. The third kappa shape index (κ3) is 3.79. The summed E-state index contributed by atoms with van der Waals surface area (Å²) in [4.78, 5) is 18.4. The fraction of sp³-hybridized carbons (Fsp3) is 0.231. The molecule has 8 heteroatoms. The van der Waals surface area contributed by atoms with Gasteiger partial charge in [-0.25, -0.2) is 4.98 Å². The first-order valence-corrected chi connectivity index (χ1v) is 6.62. The number of nitro groups is 1. The van der Waals surface area contributed by atoms with Gasteiger partial charge in [-0.2, -0.15) is 4.98 Å². The number of nitrogens with zero attached hydrogens (tertiary/aromatic N) is 3. The number of hydrogen-bond donors (Lipinski definition) is 1. The predicted octanol–water partition coefficient (Wildman–Crippen LogP) is 3.37. The van der Waals surface area contributed by atoms with Gasteiger partial charge in [0, 0.05) is 24.6 Å². The van der Waals surface area contributed by atoms with E-state index in [1.54, 1.807) is 0 Å². The number of rotatable bonds is 5. The molecule has 0 aliphatic rings. The molecule has 1 aromatic heterocycles. The van der Waals surface area contributed by atoms with Gasteiger partial charge in [0.1, 0.15) is 17.4 Å². The summed E-state index contributed by atoms with van der Waals surface area (Å²) >= 11 is 5.96. The standard InChI is InChI=1S/C13H13ClN4O3/c1-2-3-12-16-11(15)7-13(17-12)21-10-5-4-8(18(19)20)6-9(10)14/h4-7H,2-3H2,1H3,(H2,15,16,17). The maximum Gasteiger partial charge on any atom is 0.271 e. The van der Waals surface area contributed by atoms with Crippen molar-refractivity contribution in [2.75, 3.05) is 5.73 Å². The smallest absolute Gasteiger partial charge is 0.271 e. The number of nitrogen functional groups attached to an aromatic ring is 1. The summed E-state index contributed by atoms with van der Waals surface area (Å²) in [5, 5.41) is 10.8. The average Bonchev–Trinajstić information content (AvgIpc) is 2.40. The molecule has 0 saturated carbocycles. The van der Waals surface area contributed by atoms with Gasteiger partial charge < -0.3 is 10.5 Å². The Labute approximate surface area is 125 Å². The maximum absolute atomic E-state index is 10.7. The molecule has 0 saturated heterocycles. The molecule has 0 unspecified atom stereocenters. The second-order valence-corrected chi connectivity index (χ2v) is 4.68. The second-order valence-electron chi connectivity index (χ2n) is 4.27. The van der Waals surface area contributed by atoms with Crippen LogP contribution < -0.4 is 10.5 Å². The molecule has 0 radical (unpaired) electrons.